The summed E-state index contributed by atoms with van der Waals surface area (Å²) in [5, 5.41) is 3.76. The van der Waals surface area contributed by atoms with Crippen molar-refractivity contribution >= 4 is 28.4 Å². The molecule has 0 saturated carbocycles. The maximum absolute atomic E-state index is 12.9. The van der Waals surface area contributed by atoms with Crippen LogP contribution in [-0.2, 0) is 0 Å². The van der Waals surface area contributed by atoms with Gasteiger partial charge in [-0.15, -0.1) is 0 Å². The van der Waals surface area contributed by atoms with Gasteiger partial charge in [-0.05, 0) is 38.2 Å². The number of aromatic nitrogens is 5. The molecule has 4 aromatic heterocycles. The van der Waals surface area contributed by atoms with Crippen LogP contribution in [-0.4, -0.2) is 69.0 Å². The van der Waals surface area contributed by atoms with Crippen molar-refractivity contribution < 1.29 is 4.79 Å². The summed E-state index contributed by atoms with van der Waals surface area (Å²) in [7, 11) is 2.11. The van der Waals surface area contributed by atoms with Crippen LogP contribution in [0.1, 0.15) is 16.2 Å². The fraction of sp³-hybridized carbons (Fsp3) is 0.250. The first-order valence-electron chi connectivity index (χ1n) is 10.8. The lowest BCUT2D eigenvalue weighted by molar-refractivity contribution is 0.102. The van der Waals surface area contributed by atoms with E-state index < -0.39 is 0 Å². The molecule has 1 fully saturated rings. The number of pyridine rings is 3. The number of anilines is 2. The average molecular weight is 441 g/mol. The molecule has 1 amide bonds. The number of rotatable bonds is 4. The van der Waals surface area contributed by atoms with E-state index in [-0.39, 0.29) is 5.91 Å². The van der Waals surface area contributed by atoms with Crippen molar-refractivity contribution in [3.05, 3.63) is 66.6 Å². The molecule has 0 atom stereocenters. The van der Waals surface area contributed by atoms with Gasteiger partial charge in [-0.3, -0.25) is 9.78 Å². The minimum absolute atomic E-state index is 0.226. The molecule has 5 rings (SSSR count). The first kappa shape index (κ1) is 20.9. The van der Waals surface area contributed by atoms with Gasteiger partial charge < -0.3 is 15.1 Å². The number of nitrogens with one attached hydrogen (secondary N) is 1. The minimum Gasteiger partial charge on any atom is -0.354 e. The maximum atomic E-state index is 12.9. The van der Waals surface area contributed by atoms with Gasteiger partial charge in [-0.2, -0.15) is 0 Å². The molecule has 166 valence electrons. The summed E-state index contributed by atoms with van der Waals surface area (Å²) in [6.07, 6.45) is 8.65. The van der Waals surface area contributed by atoms with Crippen molar-refractivity contribution in [2.75, 3.05) is 43.4 Å². The van der Waals surface area contributed by atoms with Crippen LogP contribution >= 0.6 is 0 Å². The van der Waals surface area contributed by atoms with E-state index in [1.54, 1.807) is 37.1 Å². The lowest BCUT2D eigenvalue weighted by Gasteiger charge is -2.33. The van der Waals surface area contributed by atoms with E-state index in [4.69, 9.17) is 0 Å². The van der Waals surface area contributed by atoms with Crippen molar-refractivity contribution in [1.29, 1.82) is 0 Å². The number of piperazine rings is 1. The summed E-state index contributed by atoms with van der Waals surface area (Å²) in [6.45, 7) is 5.58. The normalized spacial score (nSPS) is 14.4. The lowest BCUT2D eigenvalue weighted by Crippen LogP contribution is -2.44. The molecule has 1 N–H and O–H groups in total. The summed E-state index contributed by atoms with van der Waals surface area (Å²) in [5.41, 5.74) is 3.07. The molecule has 1 aliphatic rings. The van der Waals surface area contributed by atoms with Crippen molar-refractivity contribution in [3.8, 4) is 11.1 Å². The van der Waals surface area contributed by atoms with Crippen molar-refractivity contribution in [2.24, 2.45) is 0 Å². The number of nitrogens with zero attached hydrogens (tertiary/aromatic N) is 7. The van der Waals surface area contributed by atoms with E-state index in [1.807, 2.05) is 25.1 Å². The summed E-state index contributed by atoms with van der Waals surface area (Å²) < 4.78 is 0. The molecule has 9 nitrogen and oxygen atoms in total. The largest absolute Gasteiger partial charge is 0.354 e. The first-order chi connectivity index (χ1) is 16.0. The molecule has 33 heavy (non-hydrogen) atoms. The highest BCUT2D eigenvalue weighted by Gasteiger charge is 2.17. The molecular formula is C24H24N8O. The molecule has 0 unspecified atom stereocenters. The quantitative estimate of drug-likeness (QED) is 0.517. The molecule has 1 saturated heterocycles. The van der Waals surface area contributed by atoms with Crippen LogP contribution in [0.5, 0.6) is 0 Å². The summed E-state index contributed by atoms with van der Waals surface area (Å²) in [5.74, 6) is 1.77. The predicted octanol–water partition coefficient (Wildman–Crippen LogP) is 2.79. The number of aryl methyl sites for hydroxylation is 1. The number of amides is 1. The highest BCUT2D eigenvalue weighted by molar-refractivity contribution is 6.04. The van der Waals surface area contributed by atoms with Gasteiger partial charge in [-0.25, -0.2) is 19.9 Å². The van der Waals surface area contributed by atoms with E-state index in [0.29, 0.717) is 17.2 Å². The van der Waals surface area contributed by atoms with E-state index >= 15 is 0 Å². The van der Waals surface area contributed by atoms with Gasteiger partial charge in [0.15, 0.2) is 0 Å². The Hall–Kier alpha value is -3.98. The number of carbonyl (C=O) groups is 1. The zero-order valence-corrected chi connectivity index (χ0v) is 18.6. The molecule has 0 bridgehead atoms. The Balaban J connectivity index is 1.36. The molecular weight excluding hydrogens is 416 g/mol. The van der Waals surface area contributed by atoms with Crippen molar-refractivity contribution in [1.82, 2.24) is 29.8 Å². The number of likely N-dealkylation sites (N-methyl/N-ethyl adjacent to an activating group) is 1. The summed E-state index contributed by atoms with van der Waals surface area (Å²) >= 11 is 0. The number of carbonyl (C=O) groups excluding carboxylic acids is 1. The third-order valence-electron chi connectivity index (χ3n) is 5.76. The second-order valence-corrected chi connectivity index (χ2v) is 8.15. The van der Waals surface area contributed by atoms with E-state index in [0.717, 1.165) is 54.0 Å². The molecule has 0 spiro atoms. The van der Waals surface area contributed by atoms with Gasteiger partial charge in [0.25, 0.3) is 5.91 Å². The topological polar surface area (TPSA) is 100 Å². The number of fused-ring (bicyclic) bond motifs is 1. The SMILES string of the molecule is Cc1ncc(-c2cnc3cnc(NC(=O)c4ccnc(N5CCN(C)CC5)c4)cc3c2)cn1. The van der Waals surface area contributed by atoms with Gasteiger partial charge >= 0.3 is 0 Å². The highest BCUT2D eigenvalue weighted by Crippen LogP contribution is 2.23. The second-order valence-electron chi connectivity index (χ2n) is 8.15. The third kappa shape index (κ3) is 4.63. The molecule has 0 aromatic carbocycles. The number of hydrogen-bond donors (Lipinski definition) is 1. The van der Waals surface area contributed by atoms with Crippen LogP contribution in [0.4, 0.5) is 11.6 Å². The maximum Gasteiger partial charge on any atom is 0.257 e. The zero-order valence-electron chi connectivity index (χ0n) is 18.6. The Kier molecular flexibility index (Phi) is 5.62. The molecule has 0 aliphatic carbocycles. The standard InChI is InChI=1S/C24H24N8O/c1-16-26-13-20(14-27-16)19-9-18-10-22(29-15-21(18)28-12-19)30-24(33)17-3-4-25-23(11-17)32-7-5-31(2)6-8-32/h3-4,9-15H,5-8H2,1-2H3,(H,29,30,33). The monoisotopic (exact) mass is 440 g/mol. The molecule has 5 heterocycles. The number of hydrogen-bond acceptors (Lipinski definition) is 8. The summed E-state index contributed by atoms with van der Waals surface area (Å²) in [4.78, 5) is 39.2. The van der Waals surface area contributed by atoms with Crippen molar-refractivity contribution in [3.63, 3.8) is 0 Å². The fourth-order valence-electron chi connectivity index (χ4n) is 3.76. The Morgan fingerprint density at radius 3 is 2.42 bits per heavy atom. The smallest absolute Gasteiger partial charge is 0.257 e. The summed E-state index contributed by atoms with van der Waals surface area (Å²) in [6, 6.07) is 7.36. The van der Waals surface area contributed by atoms with Crippen LogP contribution in [0, 0.1) is 6.92 Å². The van der Waals surface area contributed by atoms with Gasteiger partial charge in [0.2, 0.25) is 0 Å². The molecule has 9 heteroatoms. The van der Waals surface area contributed by atoms with Gasteiger partial charge in [-0.1, -0.05) is 0 Å². The average Bonchev–Trinajstić information content (AvgIpc) is 2.84. The van der Waals surface area contributed by atoms with Gasteiger partial charge in [0.05, 0.1) is 11.7 Å². The van der Waals surface area contributed by atoms with Crippen LogP contribution < -0.4 is 10.2 Å². The zero-order chi connectivity index (χ0) is 22.8. The Bertz CT molecular complexity index is 1300. The predicted molar refractivity (Wildman–Crippen MR) is 127 cm³/mol. The molecule has 1 aliphatic heterocycles. The van der Waals surface area contributed by atoms with Crippen LogP contribution in [0.15, 0.2) is 55.2 Å². The first-order valence-corrected chi connectivity index (χ1v) is 10.8. The Labute approximate surface area is 191 Å². The minimum atomic E-state index is -0.226. The molecule has 4 aromatic rings. The van der Waals surface area contributed by atoms with Crippen molar-refractivity contribution in [2.45, 2.75) is 6.92 Å². The van der Waals surface area contributed by atoms with Crippen LogP contribution in [0.25, 0.3) is 22.0 Å². The highest BCUT2D eigenvalue weighted by atomic mass is 16.1. The third-order valence-corrected chi connectivity index (χ3v) is 5.76. The van der Waals surface area contributed by atoms with Gasteiger partial charge in [0.1, 0.15) is 17.5 Å². The second kappa shape index (κ2) is 8.87. The Morgan fingerprint density at radius 1 is 0.879 bits per heavy atom. The lowest BCUT2D eigenvalue weighted by atomic mass is 10.1. The fourth-order valence-corrected chi connectivity index (χ4v) is 3.76. The van der Waals surface area contributed by atoms with E-state index in [2.05, 4.69) is 47.1 Å². The Morgan fingerprint density at radius 2 is 1.64 bits per heavy atom. The molecule has 0 radical (unpaired) electrons. The van der Waals surface area contributed by atoms with Gasteiger partial charge in [0, 0.05) is 73.0 Å². The van der Waals surface area contributed by atoms with E-state index in [1.165, 1.54) is 0 Å². The van der Waals surface area contributed by atoms with Crippen LogP contribution in [0.3, 0.4) is 0 Å². The van der Waals surface area contributed by atoms with E-state index in [9.17, 15) is 4.79 Å². The van der Waals surface area contributed by atoms with Crippen LogP contribution in [0.2, 0.25) is 0 Å².